The van der Waals surface area contributed by atoms with Gasteiger partial charge in [-0.25, -0.2) is 0 Å². The summed E-state index contributed by atoms with van der Waals surface area (Å²) in [6, 6.07) is 21.7. The minimum atomic E-state index is -0.295. The quantitative estimate of drug-likeness (QED) is 0.457. The van der Waals surface area contributed by atoms with Crippen LogP contribution in [-0.4, -0.2) is 11.7 Å². The van der Waals surface area contributed by atoms with Crippen molar-refractivity contribution in [2.75, 3.05) is 4.90 Å². The molecule has 1 unspecified atom stereocenters. The Labute approximate surface area is 187 Å². The molecule has 5 rings (SSSR count). The van der Waals surface area contributed by atoms with Gasteiger partial charge < -0.3 is 0 Å². The van der Waals surface area contributed by atoms with Crippen LogP contribution in [0.25, 0.3) is 10.8 Å². The average molecular weight is 430 g/mol. The Bertz CT molecular complexity index is 1260. The minimum absolute atomic E-state index is 0.00412. The largest absolute Gasteiger partial charge is 0.294 e. The SMILES string of the molecule is CC1(C)CC(=O)C2=C(C1)N(c1ccc3ccccc3c1)C(=O)CC2c1ccccc1Cl. The maximum absolute atomic E-state index is 13.5. The van der Waals surface area contributed by atoms with Crippen molar-refractivity contribution in [1.82, 2.24) is 0 Å². The monoisotopic (exact) mass is 429 g/mol. The Morgan fingerprint density at radius 2 is 1.61 bits per heavy atom. The summed E-state index contributed by atoms with van der Waals surface area (Å²) in [6.45, 7) is 4.19. The van der Waals surface area contributed by atoms with Crippen LogP contribution in [-0.2, 0) is 9.59 Å². The maximum Gasteiger partial charge on any atom is 0.232 e. The van der Waals surface area contributed by atoms with E-state index in [2.05, 4.69) is 19.9 Å². The number of hydrogen-bond donors (Lipinski definition) is 0. The summed E-state index contributed by atoms with van der Waals surface area (Å²) in [5, 5.41) is 2.80. The Morgan fingerprint density at radius 3 is 2.39 bits per heavy atom. The highest BCUT2D eigenvalue weighted by Crippen LogP contribution is 2.49. The van der Waals surface area contributed by atoms with E-state index in [0.717, 1.165) is 33.3 Å². The van der Waals surface area contributed by atoms with E-state index in [1.165, 1.54) is 0 Å². The Kier molecular flexibility index (Phi) is 4.75. The molecular formula is C27H24ClNO2. The van der Waals surface area contributed by atoms with Crippen LogP contribution in [0.2, 0.25) is 5.02 Å². The highest BCUT2D eigenvalue weighted by molar-refractivity contribution is 6.31. The smallest absolute Gasteiger partial charge is 0.232 e. The van der Waals surface area contributed by atoms with Crippen LogP contribution >= 0.6 is 11.6 Å². The van der Waals surface area contributed by atoms with Crippen LogP contribution in [0, 0.1) is 5.41 Å². The predicted molar refractivity (Wildman–Crippen MR) is 125 cm³/mol. The van der Waals surface area contributed by atoms with Crippen molar-refractivity contribution >= 4 is 39.8 Å². The third kappa shape index (κ3) is 3.47. The number of amides is 1. The maximum atomic E-state index is 13.5. The second-order valence-corrected chi connectivity index (χ2v) is 9.75. The number of ketones is 1. The van der Waals surface area contributed by atoms with E-state index < -0.39 is 0 Å². The fourth-order valence-corrected chi connectivity index (χ4v) is 5.32. The Morgan fingerprint density at radius 1 is 0.903 bits per heavy atom. The van der Waals surface area contributed by atoms with Gasteiger partial charge in [0.05, 0.1) is 0 Å². The molecule has 0 N–H and O–H groups in total. The third-order valence-corrected chi connectivity index (χ3v) is 6.76. The summed E-state index contributed by atoms with van der Waals surface area (Å²) in [5.74, 6) is -0.171. The van der Waals surface area contributed by atoms with Crippen LogP contribution in [0.15, 0.2) is 78.0 Å². The number of benzene rings is 3. The molecule has 0 fully saturated rings. The molecule has 0 saturated heterocycles. The molecule has 0 aromatic heterocycles. The number of rotatable bonds is 2. The molecule has 0 spiro atoms. The van der Waals surface area contributed by atoms with Crippen molar-refractivity contribution < 1.29 is 9.59 Å². The lowest BCUT2D eigenvalue weighted by Gasteiger charge is -2.43. The second-order valence-electron chi connectivity index (χ2n) is 9.34. The number of fused-ring (bicyclic) bond motifs is 1. The van der Waals surface area contributed by atoms with Crippen molar-refractivity contribution in [3.8, 4) is 0 Å². The van der Waals surface area contributed by atoms with E-state index in [1.807, 2.05) is 60.7 Å². The molecule has 3 aromatic carbocycles. The van der Waals surface area contributed by atoms with Crippen LogP contribution in [0.1, 0.15) is 44.6 Å². The van der Waals surface area contributed by atoms with Gasteiger partial charge in [-0.05, 0) is 46.4 Å². The molecule has 0 saturated carbocycles. The molecule has 1 amide bonds. The second kappa shape index (κ2) is 7.35. The molecule has 4 heteroatoms. The molecule has 1 aliphatic carbocycles. The van der Waals surface area contributed by atoms with Crippen molar-refractivity contribution in [1.29, 1.82) is 0 Å². The number of allylic oxidation sites excluding steroid dienone is 2. The fraction of sp³-hybridized carbons (Fsp3) is 0.259. The van der Waals surface area contributed by atoms with Crippen molar-refractivity contribution in [3.05, 3.63) is 88.6 Å². The lowest BCUT2D eigenvalue weighted by Crippen LogP contribution is -2.43. The molecule has 1 atom stereocenters. The van der Waals surface area contributed by atoms with Gasteiger partial charge >= 0.3 is 0 Å². The molecule has 3 aromatic rings. The van der Waals surface area contributed by atoms with Crippen LogP contribution in [0.3, 0.4) is 0 Å². The van der Waals surface area contributed by atoms with Crippen LogP contribution < -0.4 is 4.90 Å². The molecule has 1 aliphatic heterocycles. The van der Waals surface area contributed by atoms with Gasteiger partial charge in [-0.1, -0.05) is 74.0 Å². The van der Waals surface area contributed by atoms with Gasteiger partial charge in [0.1, 0.15) is 0 Å². The molecular weight excluding hydrogens is 406 g/mol. The fourth-order valence-electron chi connectivity index (χ4n) is 5.05. The normalized spacial score (nSPS) is 20.9. The van der Waals surface area contributed by atoms with Gasteiger partial charge in [0.2, 0.25) is 5.91 Å². The summed E-state index contributed by atoms with van der Waals surface area (Å²) in [5.41, 5.74) is 3.06. The number of halogens is 1. The Balaban J connectivity index is 1.71. The van der Waals surface area contributed by atoms with E-state index in [1.54, 1.807) is 4.90 Å². The first-order valence-corrected chi connectivity index (χ1v) is 11.0. The lowest BCUT2D eigenvalue weighted by atomic mass is 9.69. The van der Waals surface area contributed by atoms with E-state index in [0.29, 0.717) is 17.9 Å². The summed E-state index contributed by atoms with van der Waals surface area (Å²) >= 11 is 6.50. The molecule has 2 aliphatic rings. The third-order valence-electron chi connectivity index (χ3n) is 6.41. The van der Waals surface area contributed by atoms with Gasteiger partial charge in [-0.15, -0.1) is 0 Å². The van der Waals surface area contributed by atoms with Gasteiger partial charge in [-0.2, -0.15) is 0 Å². The number of carbonyl (C=O) groups excluding carboxylic acids is 2. The first-order chi connectivity index (χ1) is 14.8. The van der Waals surface area contributed by atoms with E-state index in [4.69, 9.17) is 11.6 Å². The number of Topliss-reactive ketones (excluding diaryl/α,β-unsaturated/α-hetero) is 1. The van der Waals surface area contributed by atoms with E-state index in [-0.39, 0.29) is 29.4 Å². The molecule has 3 nitrogen and oxygen atoms in total. The highest BCUT2D eigenvalue weighted by Gasteiger charge is 2.44. The van der Waals surface area contributed by atoms with Crippen molar-refractivity contribution in [2.24, 2.45) is 5.41 Å². The molecule has 31 heavy (non-hydrogen) atoms. The van der Waals surface area contributed by atoms with Crippen LogP contribution in [0.5, 0.6) is 0 Å². The van der Waals surface area contributed by atoms with E-state index in [9.17, 15) is 9.59 Å². The first-order valence-electron chi connectivity index (χ1n) is 10.7. The zero-order chi connectivity index (χ0) is 21.8. The predicted octanol–water partition coefficient (Wildman–Crippen LogP) is 6.66. The minimum Gasteiger partial charge on any atom is -0.294 e. The standard InChI is InChI=1S/C27H24ClNO2/c1-27(2)15-23-26(24(30)16-27)21(20-9-5-6-10-22(20)28)14-25(31)29(23)19-12-11-17-7-3-4-8-18(17)13-19/h3-13,21H,14-16H2,1-2H3. The number of nitrogens with zero attached hydrogens (tertiary/aromatic N) is 1. The molecule has 0 radical (unpaired) electrons. The zero-order valence-electron chi connectivity index (χ0n) is 17.7. The Hall–Kier alpha value is -2.91. The van der Waals surface area contributed by atoms with Crippen molar-refractivity contribution in [2.45, 2.75) is 39.0 Å². The average Bonchev–Trinajstić information content (AvgIpc) is 2.72. The topological polar surface area (TPSA) is 37.4 Å². The van der Waals surface area contributed by atoms with Gasteiger partial charge in [0, 0.05) is 40.7 Å². The van der Waals surface area contributed by atoms with Gasteiger partial charge in [-0.3, -0.25) is 14.5 Å². The summed E-state index contributed by atoms with van der Waals surface area (Å²) in [4.78, 5) is 28.7. The summed E-state index contributed by atoms with van der Waals surface area (Å²) in [7, 11) is 0. The lowest BCUT2D eigenvalue weighted by molar-refractivity contribution is -0.121. The van der Waals surface area contributed by atoms with Crippen molar-refractivity contribution in [3.63, 3.8) is 0 Å². The molecule has 1 heterocycles. The zero-order valence-corrected chi connectivity index (χ0v) is 18.4. The highest BCUT2D eigenvalue weighted by atomic mass is 35.5. The molecule has 156 valence electrons. The summed E-state index contributed by atoms with van der Waals surface area (Å²) in [6.07, 6.45) is 1.39. The first kappa shape index (κ1) is 20.0. The summed E-state index contributed by atoms with van der Waals surface area (Å²) < 4.78 is 0. The molecule has 0 bridgehead atoms. The van der Waals surface area contributed by atoms with Gasteiger partial charge in [0.25, 0.3) is 0 Å². The number of hydrogen-bond acceptors (Lipinski definition) is 2. The number of carbonyl (C=O) groups is 2. The van der Waals surface area contributed by atoms with E-state index >= 15 is 0 Å². The van der Waals surface area contributed by atoms with Crippen LogP contribution in [0.4, 0.5) is 5.69 Å². The number of anilines is 1. The van der Waals surface area contributed by atoms with Gasteiger partial charge in [0.15, 0.2) is 5.78 Å².